The smallest absolute Gasteiger partial charge is 0.257 e. The standard InChI is InChI=1S/C11H16N2O2/c1-8-2-4-13(10(8)6-12)11(14)9-3-5-15-7-9/h3,5,7-8,10H,2,4,6,12H2,1H3. The van der Waals surface area contributed by atoms with E-state index in [1.807, 2.05) is 4.90 Å². The molecule has 1 aliphatic heterocycles. The van der Waals surface area contributed by atoms with E-state index in [2.05, 4.69) is 6.92 Å². The Labute approximate surface area is 89.0 Å². The number of carbonyl (C=O) groups excluding carboxylic acids is 1. The first kappa shape index (κ1) is 10.2. The Bertz CT molecular complexity index is 334. The van der Waals surface area contributed by atoms with Crippen LogP contribution in [0.5, 0.6) is 0 Å². The van der Waals surface area contributed by atoms with E-state index < -0.39 is 0 Å². The average Bonchev–Trinajstić information content (AvgIpc) is 2.85. The van der Waals surface area contributed by atoms with Crippen LogP contribution in [0.25, 0.3) is 0 Å². The van der Waals surface area contributed by atoms with Gasteiger partial charge in [0.15, 0.2) is 0 Å². The van der Waals surface area contributed by atoms with E-state index in [9.17, 15) is 4.79 Å². The molecule has 1 fully saturated rings. The monoisotopic (exact) mass is 208 g/mol. The van der Waals surface area contributed by atoms with Crippen LogP contribution in [0.1, 0.15) is 23.7 Å². The fourth-order valence-electron chi connectivity index (χ4n) is 2.17. The third-order valence-electron chi connectivity index (χ3n) is 3.15. The van der Waals surface area contributed by atoms with Gasteiger partial charge in [-0.3, -0.25) is 4.79 Å². The molecule has 4 nitrogen and oxygen atoms in total. The minimum Gasteiger partial charge on any atom is -0.472 e. The third kappa shape index (κ3) is 1.77. The molecule has 2 N–H and O–H groups in total. The van der Waals surface area contributed by atoms with Crippen molar-refractivity contribution in [3.05, 3.63) is 24.2 Å². The molecule has 1 aromatic rings. The molecule has 0 bridgehead atoms. The second-order valence-corrected chi connectivity index (χ2v) is 4.08. The first-order chi connectivity index (χ1) is 7.24. The van der Waals surface area contributed by atoms with Gasteiger partial charge in [-0.25, -0.2) is 0 Å². The van der Waals surface area contributed by atoms with Crippen LogP contribution in [0, 0.1) is 5.92 Å². The second kappa shape index (κ2) is 4.06. The number of carbonyl (C=O) groups is 1. The Morgan fingerprint density at radius 2 is 2.53 bits per heavy atom. The molecule has 1 aliphatic rings. The van der Waals surface area contributed by atoms with Crippen LogP contribution in [-0.4, -0.2) is 29.9 Å². The molecule has 1 aromatic heterocycles. The number of likely N-dealkylation sites (tertiary alicyclic amines) is 1. The highest BCUT2D eigenvalue weighted by molar-refractivity contribution is 5.94. The second-order valence-electron chi connectivity index (χ2n) is 4.08. The van der Waals surface area contributed by atoms with Crippen LogP contribution in [0.3, 0.4) is 0 Å². The maximum absolute atomic E-state index is 12.0. The molecule has 1 saturated heterocycles. The van der Waals surface area contributed by atoms with Gasteiger partial charge in [-0.15, -0.1) is 0 Å². The molecule has 2 unspecified atom stereocenters. The maximum Gasteiger partial charge on any atom is 0.257 e. The van der Waals surface area contributed by atoms with Crippen LogP contribution in [0.15, 0.2) is 23.0 Å². The lowest BCUT2D eigenvalue weighted by Crippen LogP contribution is -2.42. The summed E-state index contributed by atoms with van der Waals surface area (Å²) < 4.78 is 4.91. The van der Waals surface area contributed by atoms with Crippen molar-refractivity contribution in [3.63, 3.8) is 0 Å². The minimum absolute atomic E-state index is 0.0311. The number of hydrogen-bond donors (Lipinski definition) is 1. The average molecular weight is 208 g/mol. The normalized spacial score (nSPS) is 25.9. The third-order valence-corrected chi connectivity index (χ3v) is 3.15. The highest BCUT2D eigenvalue weighted by Crippen LogP contribution is 2.24. The minimum atomic E-state index is 0.0311. The Kier molecular flexibility index (Phi) is 2.77. The zero-order valence-electron chi connectivity index (χ0n) is 8.85. The van der Waals surface area contributed by atoms with Crippen molar-refractivity contribution in [3.8, 4) is 0 Å². The number of amides is 1. The Morgan fingerprint density at radius 1 is 1.73 bits per heavy atom. The molecular weight excluding hydrogens is 192 g/mol. The molecule has 0 saturated carbocycles. The van der Waals surface area contributed by atoms with Crippen LogP contribution in [0.4, 0.5) is 0 Å². The van der Waals surface area contributed by atoms with Crippen molar-refractivity contribution >= 4 is 5.91 Å². The summed E-state index contributed by atoms with van der Waals surface area (Å²) in [4.78, 5) is 13.9. The van der Waals surface area contributed by atoms with Gasteiger partial charge in [-0.05, 0) is 18.4 Å². The summed E-state index contributed by atoms with van der Waals surface area (Å²) in [5.74, 6) is 0.523. The van der Waals surface area contributed by atoms with Gasteiger partial charge in [0.2, 0.25) is 0 Å². The van der Waals surface area contributed by atoms with Gasteiger partial charge in [0.05, 0.1) is 11.8 Å². The summed E-state index contributed by atoms with van der Waals surface area (Å²) in [7, 11) is 0. The first-order valence-electron chi connectivity index (χ1n) is 5.27. The number of rotatable bonds is 2. The van der Waals surface area contributed by atoms with E-state index in [0.29, 0.717) is 18.0 Å². The van der Waals surface area contributed by atoms with E-state index in [0.717, 1.165) is 13.0 Å². The lowest BCUT2D eigenvalue weighted by Gasteiger charge is -2.25. The van der Waals surface area contributed by atoms with Crippen LogP contribution in [-0.2, 0) is 0 Å². The first-order valence-corrected chi connectivity index (χ1v) is 5.27. The van der Waals surface area contributed by atoms with Crippen molar-refractivity contribution in [1.82, 2.24) is 4.90 Å². The van der Waals surface area contributed by atoms with Gasteiger partial charge < -0.3 is 15.1 Å². The molecule has 15 heavy (non-hydrogen) atoms. The molecule has 1 amide bonds. The van der Waals surface area contributed by atoms with Crippen LogP contribution < -0.4 is 5.73 Å². The lowest BCUT2D eigenvalue weighted by atomic mass is 10.0. The molecule has 0 aromatic carbocycles. The van der Waals surface area contributed by atoms with E-state index >= 15 is 0 Å². The molecule has 0 radical (unpaired) electrons. The maximum atomic E-state index is 12.0. The van der Waals surface area contributed by atoms with Crippen molar-refractivity contribution in [2.45, 2.75) is 19.4 Å². The van der Waals surface area contributed by atoms with E-state index in [1.54, 1.807) is 6.07 Å². The highest BCUT2D eigenvalue weighted by atomic mass is 16.3. The van der Waals surface area contributed by atoms with E-state index in [-0.39, 0.29) is 11.9 Å². The molecule has 4 heteroatoms. The number of nitrogens with two attached hydrogens (primary N) is 1. The van der Waals surface area contributed by atoms with Crippen molar-refractivity contribution < 1.29 is 9.21 Å². The summed E-state index contributed by atoms with van der Waals surface area (Å²) in [6.45, 7) is 3.47. The number of hydrogen-bond acceptors (Lipinski definition) is 3. The predicted molar refractivity (Wildman–Crippen MR) is 56.4 cm³/mol. The summed E-state index contributed by atoms with van der Waals surface area (Å²) in [6.07, 6.45) is 4.04. The van der Waals surface area contributed by atoms with Gasteiger partial charge in [0.25, 0.3) is 5.91 Å². The lowest BCUT2D eigenvalue weighted by molar-refractivity contribution is 0.0726. The molecular formula is C11H16N2O2. The number of nitrogens with zero attached hydrogens (tertiary/aromatic N) is 1. The fraction of sp³-hybridized carbons (Fsp3) is 0.545. The molecule has 0 spiro atoms. The molecule has 0 aliphatic carbocycles. The van der Waals surface area contributed by atoms with Gasteiger partial charge >= 0.3 is 0 Å². The molecule has 2 heterocycles. The SMILES string of the molecule is CC1CCN(C(=O)c2ccoc2)C1CN. The summed E-state index contributed by atoms with van der Waals surface area (Å²) in [6, 6.07) is 1.87. The van der Waals surface area contributed by atoms with Crippen molar-refractivity contribution in [1.29, 1.82) is 0 Å². The Hall–Kier alpha value is -1.29. The van der Waals surface area contributed by atoms with Gasteiger partial charge in [-0.2, -0.15) is 0 Å². The van der Waals surface area contributed by atoms with Gasteiger partial charge in [0.1, 0.15) is 6.26 Å². The zero-order chi connectivity index (χ0) is 10.8. The molecule has 82 valence electrons. The summed E-state index contributed by atoms with van der Waals surface area (Å²) >= 11 is 0. The fourth-order valence-corrected chi connectivity index (χ4v) is 2.17. The topological polar surface area (TPSA) is 59.5 Å². The quantitative estimate of drug-likeness (QED) is 0.791. The Balaban J connectivity index is 2.14. The van der Waals surface area contributed by atoms with Crippen molar-refractivity contribution in [2.75, 3.05) is 13.1 Å². The Morgan fingerprint density at radius 3 is 3.13 bits per heavy atom. The van der Waals surface area contributed by atoms with Gasteiger partial charge in [-0.1, -0.05) is 6.92 Å². The number of furan rings is 1. The summed E-state index contributed by atoms with van der Waals surface area (Å²) in [5, 5.41) is 0. The van der Waals surface area contributed by atoms with Crippen LogP contribution >= 0.6 is 0 Å². The highest BCUT2D eigenvalue weighted by Gasteiger charge is 2.33. The zero-order valence-corrected chi connectivity index (χ0v) is 8.85. The predicted octanol–water partition coefficient (Wildman–Crippen LogP) is 1.09. The van der Waals surface area contributed by atoms with Gasteiger partial charge in [0, 0.05) is 19.1 Å². The molecule has 2 rings (SSSR count). The van der Waals surface area contributed by atoms with E-state index in [1.165, 1.54) is 12.5 Å². The van der Waals surface area contributed by atoms with E-state index in [4.69, 9.17) is 10.2 Å². The largest absolute Gasteiger partial charge is 0.472 e. The van der Waals surface area contributed by atoms with Crippen molar-refractivity contribution in [2.24, 2.45) is 11.7 Å². The van der Waals surface area contributed by atoms with Crippen LogP contribution in [0.2, 0.25) is 0 Å². The summed E-state index contributed by atoms with van der Waals surface area (Å²) in [5.41, 5.74) is 6.30. The molecule has 2 atom stereocenters.